The summed E-state index contributed by atoms with van der Waals surface area (Å²) in [7, 11) is 0. The van der Waals surface area contributed by atoms with Crippen LogP contribution in [0.2, 0.25) is 0 Å². The van der Waals surface area contributed by atoms with Gasteiger partial charge in [0.15, 0.2) is 18.1 Å². The predicted octanol–water partition coefficient (Wildman–Crippen LogP) is 5.02. The first-order valence-corrected chi connectivity index (χ1v) is 12.2. The van der Waals surface area contributed by atoms with Gasteiger partial charge in [0.2, 0.25) is 0 Å². The molecule has 1 aromatic heterocycles. The molecule has 33 heavy (non-hydrogen) atoms. The molecule has 1 N–H and O–H groups in total. The Morgan fingerprint density at radius 3 is 2.73 bits per heavy atom. The Hall–Kier alpha value is -2.47. The number of rotatable bonds is 9. The Bertz CT molecular complexity index is 1280. The van der Waals surface area contributed by atoms with Gasteiger partial charge < -0.3 is 14.6 Å². The Morgan fingerprint density at radius 2 is 2.06 bits per heavy atom. The minimum absolute atomic E-state index is 0.0220. The van der Waals surface area contributed by atoms with Gasteiger partial charge in [0.1, 0.15) is 5.82 Å². The van der Waals surface area contributed by atoms with Crippen LogP contribution in [0.1, 0.15) is 44.5 Å². The SMILES string of the molecule is CCOc1cc(C=Nn2c([C@H](C)CC)nc3ccc(Br)cc3c2=O)cc(I)c1OCC(=O)O. The van der Waals surface area contributed by atoms with Crippen LogP contribution in [0.15, 0.2) is 44.7 Å². The van der Waals surface area contributed by atoms with Gasteiger partial charge >= 0.3 is 5.97 Å². The average Bonchev–Trinajstić information content (AvgIpc) is 2.77. The first kappa shape index (κ1) is 25.2. The highest BCUT2D eigenvalue weighted by Gasteiger charge is 2.17. The highest BCUT2D eigenvalue weighted by molar-refractivity contribution is 14.1. The zero-order valence-corrected chi connectivity index (χ0v) is 22.1. The largest absolute Gasteiger partial charge is 0.490 e. The molecule has 0 saturated heterocycles. The van der Waals surface area contributed by atoms with E-state index < -0.39 is 12.6 Å². The van der Waals surface area contributed by atoms with Crippen LogP contribution < -0.4 is 15.0 Å². The van der Waals surface area contributed by atoms with Gasteiger partial charge in [0, 0.05) is 10.4 Å². The summed E-state index contributed by atoms with van der Waals surface area (Å²) in [5.74, 6) is 0.281. The third-order valence-corrected chi connectivity index (χ3v) is 6.18. The van der Waals surface area contributed by atoms with E-state index in [1.807, 2.05) is 32.9 Å². The Balaban J connectivity index is 2.10. The maximum absolute atomic E-state index is 13.3. The number of carbonyl (C=O) groups is 1. The van der Waals surface area contributed by atoms with Gasteiger partial charge in [-0.25, -0.2) is 9.78 Å². The number of hydrogen-bond donors (Lipinski definition) is 1. The van der Waals surface area contributed by atoms with Gasteiger partial charge in [0.05, 0.1) is 27.3 Å². The fourth-order valence-electron chi connectivity index (χ4n) is 3.10. The molecule has 0 fully saturated rings. The zero-order chi connectivity index (χ0) is 24.1. The molecule has 3 rings (SSSR count). The molecule has 0 bridgehead atoms. The summed E-state index contributed by atoms with van der Waals surface area (Å²) in [6.07, 6.45) is 2.36. The fourth-order valence-corrected chi connectivity index (χ4v) is 4.25. The van der Waals surface area contributed by atoms with Crippen LogP contribution in [0.3, 0.4) is 0 Å². The van der Waals surface area contributed by atoms with Crippen LogP contribution in [0.4, 0.5) is 0 Å². The standard InChI is InChI=1S/C23H23BrIN3O5/c1-4-13(3)22-27-18-7-6-15(24)10-16(18)23(31)28(22)26-11-14-8-17(25)21(33-12-20(29)30)19(9-14)32-5-2/h6-11,13H,4-5,12H2,1-3H3,(H,29,30)/t13-/m1/s1. The number of nitrogens with zero attached hydrogens (tertiary/aromatic N) is 3. The van der Waals surface area contributed by atoms with Gasteiger partial charge in [0.25, 0.3) is 5.56 Å². The lowest BCUT2D eigenvalue weighted by Gasteiger charge is -2.15. The Kier molecular flexibility index (Phi) is 8.46. The second-order valence-corrected chi connectivity index (χ2v) is 9.33. The molecule has 0 radical (unpaired) electrons. The van der Waals surface area contributed by atoms with Crippen molar-refractivity contribution in [3.63, 3.8) is 0 Å². The lowest BCUT2D eigenvalue weighted by molar-refractivity contribution is -0.139. The van der Waals surface area contributed by atoms with Crippen LogP contribution in [0.5, 0.6) is 11.5 Å². The van der Waals surface area contributed by atoms with Crippen molar-refractivity contribution in [2.24, 2.45) is 5.10 Å². The van der Waals surface area contributed by atoms with Crippen molar-refractivity contribution in [1.82, 2.24) is 9.66 Å². The second-order valence-electron chi connectivity index (χ2n) is 7.25. The van der Waals surface area contributed by atoms with Gasteiger partial charge in [-0.15, -0.1) is 0 Å². The minimum Gasteiger partial charge on any atom is -0.490 e. The van der Waals surface area contributed by atoms with Crippen molar-refractivity contribution in [3.8, 4) is 11.5 Å². The van der Waals surface area contributed by atoms with E-state index in [0.29, 0.717) is 44.0 Å². The van der Waals surface area contributed by atoms with Crippen LogP contribution in [-0.4, -0.2) is 40.2 Å². The quantitative estimate of drug-likeness (QED) is 0.264. The Labute approximate surface area is 212 Å². The highest BCUT2D eigenvalue weighted by atomic mass is 127. The molecule has 1 heterocycles. The molecule has 1 atom stereocenters. The van der Waals surface area contributed by atoms with Crippen molar-refractivity contribution in [3.05, 3.63) is 60.1 Å². The molecule has 2 aromatic carbocycles. The number of carboxylic acids is 1. The maximum Gasteiger partial charge on any atom is 0.341 e. The third-order valence-electron chi connectivity index (χ3n) is 4.88. The number of fused-ring (bicyclic) bond motifs is 1. The first-order chi connectivity index (χ1) is 15.7. The van der Waals surface area contributed by atoms with Crippen LogP contribution in [0, 0.1) is 3.57 Å². The third kappa shape index (κ3) is 5.91. The number of halogens is 2. The molecule has 0 saturated carbocycles. The second kappa shape index (κ2) is 11.1. The van der Waals surface area contributed by atoms with Crippen molar-refractivity contribution in [1.29, 1.82) is 0 Å². The molecule has 0 aliphatic carbocycles. The molecular formula is C23H23BrIN3O5. The smallest absolute Gasteiger partial charge is 0.341 e. The predicted molar refractivity (Wildman–Crippen MR) is 139 cm³/mol. The van der Waals surface area contributed by atoms with Gasteiger partial charge in [-0.2, -0.15) is 9.78 Å². The first-order valence-electron chi connectivity index (χ1n) is 10.3. The average molecular weight is 628 g/mol. The van der Waals surface area contributed by atoms with E-state index in [2.05, 4.69) is 43.6 Å². The van der Waals surface area contributed by atoms with E-state index in [1.165, 1.54) is 4.68 Å². The summed E-state index contributed by atoms with van der Waals surface area (Å²) in [6.45, 7) is 5.76. The summed E-state index contributed by atoms with van der Waals surface area (Å²) in [4.78, 5) is 28.9. The molecule has 0 amide bonds. The van der Waals surface area contributed by atoms with Crippen molar-refractivity contribution >= 4 is 61.6 Å². The molecule has 0 aliphatic rings. The van der Waals surface area contributed by atoms with E-state index in [4.69, 9.17) is 19.6 Å². The van der Waals surface area contributed by atoms with Gasteiger partial charge in [-0.05, 0) is 71.8 Å². The number of aliphatic carboxylic acids is 1. The summed E-state index contributed by atoms with van der Waals surface area (Å²) in [5.41, 5.74) is 1.04. The normalized spacial score (nSPS) is 12.3. The molecule has 0 unspecified atom stereocenters. The number of carboxylic acid groups (broad SMARTS) is 1. The lowest BCUT2D eigenvalue weighted by Crippen LogP contribution is -2.23. The lowest BCUT2D eigenvalue weighted by atomic mass is 10.1. The van der Waals surface area contributed by atoms with Crippen molar-refractivity contribution in [2.45, 2.75) is 33.1 Å². The van der Waals surface area contributed by atoms with E-state index >= 15 is 0 Å². The van der Waals surface area contributed by atoms with Crippen molar-refractivity contribution < 1.29 is 19.4 Å². The number of hydrogen-bond acceptors (Lipinski definition) is 6. The molecule has 3 aromatic rings. The Morgan fingerprint density at radius 1 is 1.30 bits per heavy atom. The topological polar surface area (TPSA) is 103 Å². The van der Waals surface area contributed by atoms with E-state index in [1.54, 1.807) is 24.4 Å². The molecule has 0 spiro atoms. The number of aromatic nitrogens is 2. The molecule has 8 nitrogen and oxygen atoms in total. The number of ether oxygens (including phenoxy) is 2. The summed E-state index contributed by atoms with van der Waals surface area (Å²) < 4.78 is 13.8. The molecule has 174 valence electrons. The van der Waals surface area contributed by atoms with E-state index in [9.17, 15) is 9.59 Å². The highest BCUT2D eigenvalue weighted by Crippen LogP contribution is 2.34. The monoisotopic (exact) mass is 627 g/mol. The van der Waals surface area contributed by atoms with E-state index in [0.717, 1.165) is 10.9 Å². The molecule has 0 aliphatic heterocycles. The van der Waals surface area contributed by atoms with Gasteiger partial charge in [-0.3, -0.25) is 4.79 Å². The fraction of sp³-hybridized carbons (Fsp3) is 0.304. The summed E-state index contributed by atoms with van der Waals surface area (Å²) >= 11 is 5.46. The maximum atomic E-state index is 13.3. The summed E-state index contributed by atoms with van der Waals surface area (Å²) in [5, 5.41) is 13.9. The van der Waals surface area contributed by atoms with Gasteiger partial charge in [-0.1, -0.05) is 29.8 Å². The van der Waals surface area contributed by atoms with Crippen LogP contribution >= 0.6 is 38.5 Å². The van der Waals surface area contributed by atoms with Crippen LogP contribution in [-0.2, 0) is 4.79 Å². The molecular weight excluding hydrogens is 605 g/mol. The minimum atomic E-state index is -1.08. The number of benzene rings is 2. The summed E-state index contributed by atoms with van der Waals surface area (Å²) in [6, 6.07) is 8.89. The van der Waals surface area contributed by atoms with E-state index in [-0.39, 0.29) is 11.5 Å². The zero-order valence-electron chi connectivity index (χ0n) is 18.3. The van der Waals surface area contributed by atoms with Crippen LogP contribution in [0.25, 0.3) is 10.9 Å². The molecule has 10 heteroatoms. The van der Waals surface area contributed by atoms with Crippen molar-refractivity contribution in [2.75, 3.05) is 13.2 Å².